The van der Waals surface area contributed by atoms with E-state index in [1.54, 1.807) is 0 Å². The first-order valence-electron chi connectivity index (χ1n) is 6.25. The van der Waals surface area contributed by atoms with Crippen LogP contribution in [0.1, 0.15) is 45.4 Å². The number of hydrogen-bond donors (Lipinski definition) is 2. The highest BCUT2D eigenvalue weighted by Gasteiger charge is 2.04. The summed E-state index contributed by atoms with van der Waals surface area (Å²) in [4.78, 5) is 7.86. The van der Waals surface area contributed by atoms with Gasteiger partial charge in [0, 0.05) is 6.54 Å². The molecule has 1 aromatic rings. The van der Waals surface area contributed by atoms with Crippen molar-refractivity contribution in [2.75, 3.05) is 17.6 Å². The van der Waals surface area contributed by atoms with Crippen molar-refractivity contribution in [3.05, 3.63) is 11.5 Å². The minimum Gasteiger partial charge on any atom is -0.393 e. The number of unbranched alkanes of at least 4 members (excludes halogenated alkanes) is 5. The molecule has 5 heteroatoms. The molecule has 0 spiro atoms. The highest BCUT2D eigenvalue weighted by atomic mass is 35.5. The Kier molecular flexibility index (Phi) is 6.70. The summed E-state index contributed by atoms with van der Waals surface area (Å²) in [5, 5.41) is 3.49. The summed E-state index contributed by atoms with van der Waals surface area (Å²) >= 11 is 5.80. The second kappa shape index (κ2) is 8.12. The molecule has 0 amide bonds. The number of nitrogens with zero attached hydrogens (tertiary/aromatic N) is 2. The summed E-state index contributed by atoms with van der Waals surface area (Å²) in [6, 6.07) is 0. The van der Waals surface area contributed by atoms with Gasteiger partial charge in [-0.3, -0.25) is 0 Å². The molecular weight excluding hydrogens is 236 g/mol. The van der Waals surface area contributed by atoms with Crippen LogP contribution in [-0.4, -0.2) is 16.5 Å². The molecule has 96 valence electrons. The topological polar surface area (TPSA) is 63.8 Å². The van der Waals surface area contributed by atoms with Crippen LogP contribution in [-0.2, 0) is 0 Å². The van der Waals surface area contributed by atoms with Gasteiger partial charge in [0.2, 0.25) is 0 Å². The molecule has 3 N–H and O–H groups in total. The van der Waals surface area contributed by atoms with Crippen molar-refractivity contribution in [2.24, 2.45) is 0 Å². The monoisotopic (exact) mass is 256 g/mol. The molecule has 0 radical (unpaired) electrons. The summed E-state index contributed by atoms with van der Waals surface area (Å²) in [6.45, 7) is 3.10. The van der Waals surface area contributed by atoms with E-state index in [-0.39, 0.29) is 0 Å². The molecule has 0 aliphatic heterocycles. The zero-order chi connectivity index (χ0) is 12.5. The van der Waals surface area contributed by atoms with Gasteiger partial charge < -0.3 is 11.1 Å². The highest BCUT2D eigenvalue weighted by molar-refractivity contribution is 6.32. The van der Waals surface area contributed by atoms with Crippen molar-refractivity contribution in [1.82, 2.24) is 9.97 Å². The van der Waals surface area contributed by atoms with Crippen molar-refractivity contribution in [3.8, 4) is 0 Å². The number of nitrogens with one attached hydrogen (secondary N) is 1. The molecule has 4 nitrogen and oxygen atoms in total. The molecule has 0 unspecified atom stereocenters. The van der Waals surface area contributed by atoms with Crippen molar-refractivity contribution in [3.63, 3.8) is 0 Å². The molecule has 1 aromatic heterocycles. The van der Waals surface area contributed by atoms with Gasteiger partial charge in [-0.2, -0.15) is 0 Å². The number of aromatic nitrogens is 2. The summed E-state index contributed by atoms with van der Waals surface area (Å²) in [7, 11) is 0. The minimum absolute atomic E-state index is 0.311. The van der Waals surface area contributed by atoms with Crippen molar-refractivity contribution >= 4 is 23.1 Å². The molecule has 17 heavy (non-hydrogen) atoms. The first-order chi connectivity index (χ1) is 8.25. The van der Waals surface area contributed by atoms with Gasteiger partial charge in [0.25, 0.3) is 0 Å². The van der Waals surface area contributed by atoms with Crippen LogP contribution in [0.2, 0.25) is 5.15 Å². The summed E-state index contributed by atoms with van der Waals surface area (Å²) in [5.41, 5.74) is 6.17. The van der Waals surface area contributed by atoms with E-state index in [4.69, 9.17) is 17.3 Å². The number of halogens is 1. The van der Waals surface area contributed by atoms with Crippen LogP contribution >= 0.6 is 11.6 Å². The van der Waals surface area contributed by atoms with Crippen LogP contribution in [0.3, 0.4) is 0 Å². The molecule has 0 saturated carbocycles. The fourth-order valence-corrected chi connectivity index (χ4v) is 1.76. The number of anilines is 2. The lowest BCUT2D eigenvalue weighted by Gasteiger charge is -2.08. The van der Waals surface area contributed by atoms with Crippen LogP contribution < -0.4 is 11.1 Å². The van der Waals surface area contributed by atoms with Crippen LogP contribution in [0.15, 0.2) is 6.33 Å². The Hall–Kier alpha value is -1.03. The fraction of sp³-hybridized carbons (Fsp3) is 0.667. The number of rotatable bonds is 8. The minimum atomic E-state index is 0.311. The van der Waals surface area contributed by atoms with E-state index in [9.17, 15) is 0 Å². The molecule has 1 rings (SSSR count). The Morgan fingerprint density at radius 3 is 2.65 bits per heavy atom. The second-order valence-electron chi connectivity index (χ2n) is 4.12. The van der Waals surface area contributed by atoms with Gasteiger partial charge >= 0.3 is 0 Å². The van der Waals surface area contributed by atoms with E-state index in [1.807, 2.05) is 0 Å². The molecule has 0 aliphatic rings. The average Bonchev–Trinajstić information content (AvgIpc) is 2.33. The zero-order valence-electron chi connectivity index (χ0n) is 10.4. The summed E-state index contributed by atoms with van der Waals surface area (Å²) < 4.78 is 0. The fourth-order valence-electron chi connectivity index (χ4n) is 1.63. The van der Waals surface area contributed by atoms with Gasteiger partial charge in [-0.1, -0.05) is 50.6 Å². The average molecular weight is 257 g/mol. The van der Waals surface area contributed by atoms with Gasteiger partial charge in [0.1, 0.15) is 12.0 Å². The third kappa shape index (κ3) is 5.22. The van der Waals surface area contributed by atoms with Crippen molar-refractivity contribution in [1.29, 1.82) is 0 Å². The molecule has 0 bridgehead atoms. The van der Waals surface area contributed by atoms with Gasteiger partial charge in [-0.15, -0.1) is 0 Å². The first-order valence-corrected chi connectivity index (χ1v) is 6.63. The lowest BCUT2D eigenvalue weighted by Crippen LogP contribution is -2.07. The van der Waals surface area contributed by atoms with E-state index in [0.29, 0.717) is 16.7 Å². The zero-order valence-corrected chi connectivity index (χ0v) is 11.1. The first kappa shape index (κ1) is 14.0. The molecule has 0 atom stereocenters. The van der Waals surface area contributed by atoms with E-state index in [1.165, 1.54) is 38.4 Å². The summed E-state index contributed by atoms with van der Waals surface area (Å²) in [5.74, 6) is 0.638. The molecule has 0 saturated heterocycles. The Labute approximate surface area is 108 Å². The Morgan fingerprint density at radius 2 is 1.88 bits per heavy atom. The van der Waals surface area contributed by atoms with Crippen LogP contribution in [0.5, 0.6) is 0 Å². The summed E-state index contributed by atoms with van der Waals surface area (Å²) in [6.07, 6.45) is 9.04. The predicted octanol–water partition coefficient (Wildman–Crippen LogP) is 3.48. The van der Waals surface area contributed by atoms with E-state index in [0.717, 1.165) is 13.0 Å². The quantitative estimate of drug-likeness (QED) is 0.552. The number of hydrogen-bond acceptors (Lipinski definition) is 4. The third-order valence-electron chi connectivity index (χ3n) is 2.66. The normalized spacial score (nSPS) is 10.5. The third-order valence-corrected chi connectivity index (χ3v) is 2.96. The second-order valence-corrected chi connectivity index (χ2v) is 4.48. The lowest BCUT2D eigenvalue weighted by molar-refractivity contribution is 0.617. The van der Waals surface area contributed by atoms with E-state index < -0.39 is 0 Å². The van der Waals surface area contributed by atoms with Gasteiger partial charge in [-0.05, 0) is 6.42 Å². The van der Waals surface area contributed by atoms with E-state index in [2.05, 4.69) is 22.2 Å². The standard InChI is InChI=1S/C12H21ClN4/c1-2-3-4-5-6-7-8-15-12-10(14)11(13)16-9-17-12/h9H,2-8,14H2,1H3,(H,15,16,17). The van der Waals surface area contributed by atoms with Gasteiger partial charge in [0.05, 0.1) is 0 Å². The van der Waals surface area contributed by atoms with Crippen molar-refractivity contribution < 1.29 is 0 Å². The number of nitrogen functional groups attached to an aromatic ring is 1. The van der Waals surface area contributed by atoms with Crippen LogP contribution in [0, 0.1) is 0 Å². The highest BCUT2D eigenvalue weighted by Crippen LogP contribution is 2.21. The van der Waals surface area contributed by atoms with Gasteiger partial charge in [0.15, 0.2) is 11.0 Å². The molecule has 0 aromatic carbocycles. The lowest BCUT2D eigenvalue weighted by atomic mass is 10.1. The maximum absolute atomic E-state index is 5.80. The Balaban J connectivity index is 2.16. The van der Waals surface area contributed by atoms with Gasteiger partial charge in [-0.25, -0.2) is 9.97 Å². The maximum atomic E-state index is 5.80. The van der Waals surface area contributed by atoms with Crippen LogP contribution in [0.25, 0.3) is 0 Å². The SMILES string of the molecule is CCCCCCCCNc1ncnc(Cl)c1N. The Bertz CT molecular complexity index is 330. The molecule has 0 fully saturated rings. The Morgan fingerprint density at radius 1 is 1.18 bits per heavy atom. The molecule has 1 heterocycles. The van der Waals surface area contributed by atoms with E-state index >= 15 is 0 Å². The van der Waals surface area contributed by atoms with Crippen LogP contribution in [0.4, 0.5) is 11.5 Å². The maximum Gasteiger partial charge on any atom is 0.157 e. The number of nitrogens with two attached hydrogens (primary N) is 1. The smallest absolute Gasteiger partial charge is 0.157 e. The molecular formula is C12H21ClN4. The van der Waals surface area contributed by atoms with Crippen molar-refractivity contribution in [2.45, 2.75) is 45.4 Å². The molecule has 0 aliphatic carbocycles. The predicted molar refractivity (Wildman–Crippen MR) is 73.3 cm³/mol. The largest absolute Gasteiger partial charge is 0.393 e.